The van der Waals surface area contributed by atoms with Crippen LogP contribution < -0.4 is 19.5 Å². The van der Waals surface area contributed by atoms with Crippen molar-refractivity contribution in [2.75, 3.05) is 26.6 Å². The summed E-state index contributed by atoms with van der Waals surface area (Å²) >= 11 is 1.14. The molecule has 1 heterocycles. The van der Waals surface area contributed by atoms with Gasteiger partial charge >= 0.3 is 0 Å². The Balaban J connectivity index is 2.33. The van der Waals surface area contributed by atoms with Crippen molar-refractivity contribution in [2.24, 2.45) is 0 Å². The molecule has 0 radical (unpaired) electrons. The van der Waals surface area contributed by atoms with Gasteiger partial charge in [0, 0.05) is 12.5 Å². The Morgan fingerprint density at radius 1 is 1.08 bits per heavy atom. The number of Topliss-reactive ketones (excluding diaryl/α,β-unsaturated/α-hetero) is 1. The first kappa shape index (κ1) is 17.7. The molecular formula is C16H18N2O5S. The number of ketones is 1. The molecule has 1 amide bonds. The van der Waals surface area contributed by atoms with Crippen molar-refractivity contribution in [2.45, 2.75) is 13.8 Å². The number of thiazole rings is 1. The summed E-state index contributed by atoms with van der Waals surface area (Å²) in [5, 5.41) is 3.04. The first-order valence-corrected chi connectivity index (χ1v) is 7.82. The van der Waals surface area contributed by atoms with Gasteiger partial charge in [0.25, 0.3) is 5.91 Å². The van der Waals surface area contributed by atoms with Gasteiger partial charge in [-0.3, -0.25) is 14.9 Å². The van der Waals surface area contributed by atoms with Crippen molar-refractivity contribution in [1.29, 1.82) is 0 Å². The SMILES string of the molecule is COc1cc(C(=O)Nc2nc(C)c(C(C)=O)s2)cc(OC)c1OC. The highest BCUT2D eigenvalue weighted by Gasteiger charge is 2.19. The molecule has 0 bridgehead atoms. The number of ether oxygens (including phenoxy) is 3. The van der Waals surface area contributed by atoms with Gasteiger partial charge in [0.1, 0.15) is 0 Å². The third kappa shape index (κ3) is 3.48. The van der Waals surface area contributed by atoms with Crippen LogP contribution in [0.1, 0.15) is 32.6 Å². The summed E-state index contributed by atoms with van der Waals surface area (Å²) in [4.78, 5) is 28.7. The second-order valence-electron chi connectivity index (χ2n) is 4.86. The molecule has 7 nitrogen and oxygen atoms in total. The molecule has 1 aromatic heterocycles. The van der Waals surface area contributed by atoms with Crippen LogP contribution in [-0.4, -0.2) is 38.0 Å². The number of amides is 1. The van der Waals surface area contributed by atoms with Crippen LogP contribution in [0.15, 0.2) is 12.1 Å². The van der Waals surface area contributed by atoms with E-state index in [1.54, 1.807) is 19.1 Å². The highest BCUT2D eigenvalue weighted by Crippen LogP contribution is 2.38. The topological polar surface area (TPSA) is 86.8 Å². The number of nitrogens with zero attached hydrogens (tertiary/aromatic N) is 1. The molecule has 0 atom stereocenters. The fourth-order valence-electron chi connectivity index (χ4n) is 2.16. The van der Waals surface area contributed by atoms with E-state index in [1.165, 1.54) is 28.3 Å². The number of methoxy groups -OCH3 is 3. The Bertz CT molecular complexity index is 760. The van der Waals surface area contributed by atoms with Crippen LogP contribution in [0.2, 0.25) is 0 Å². The molecule has 2 aromatic rings. The zero-order valence-corrected chi connectivity index (χ0v) is 14.9. The predicted octanol–water partition coefficient (Wildman–Crippen LogP) is 2.93. The molecule has 1 N–H and O–H groups in total. The third-order valence-electron chi connectivity index (χ3n) is 3.26. The summed E-state index contributed by atoms with van der Waals surface area (Å²) in [5.74, 6) is 0.681. The van der Waals surface area contributed by atoms with Crippen LogP contribution in [-0.2, 0) is 0 Å². The highest BCUT2D eigenvalue weighted by atomic mass is 32.1. The largest absolute Gasteiger partial charge is 0.493 e. The predicted molar refractivity (Wildman–Crippen MR) is 90.9 cm³/mol. The average molecular weight is 350 g/mol. The molecule has 0 fully saturated rings. The zero-order valence-electron chi connectivity index (χ0n) is 14.1. The molecular weight excluding hydrogens is 332 g/mol. The number of benzene rings is 1. The van der Waals surface area contributed by atoms with Crippen LogP contribution in [0, 0.1) is 6.92 Å². The maximum absolute atomic E-state index is 12.5. The standard InChI is InChI=1S/C16H18N2O5S/c1-8-14(9(2)19)24-16(17-8)18-15(20)10-6-11(21-3)13(23-5)12(7-10)22-4/h6-7H,1-5H3,(H,17,18,20). The minimum Gasteiger partial charge on any atom is -0.493 e. The lowest BCUT2D eigenvalue weighted by atomic mass is 10.1. The zero-order chi connectivity index (χ0) is 17.9. The maximum Gasteiger partial charge on any atom is 0.257 e. The van der Waals surface area contributed by atoms with Gasteiger partial charge in [-0.25, -0.2) is 4.98 Å². The fraction of sp³-hybridized carbons (Fsp3) is 0.312. The first-order chi connectivity index (χ1) is 11.4. The van der Waals surface area contributed by atoms with E-state index in [0.717, 1.165) is 11.3 Å². The van der Waals surface area contributed by atoms with E-state index in [9.17, 15) is 9.59 Å². The summed E-state index contributed by atoms with van der Waals surface area (Å²) in [6.07, 6.45) is 0. The molecule has 0 spiro atoms. The number of nitrogens with one attached hydrogen (secondary N) is 1. The van der Waals surface area contributed by atoms with E-state index in [2.05, 4.69) is 10.3 Å². The first-order valence-electron chi connectivity index (χ1n) is 7.01. The van der Waals surface area contributed by atoms with E-state index in [4.69, 9.17) is 14.2 Å². The van der Waals surface area contributed by atoms with Gasteiger partial charge in [-0.05, 0) is 19.1 Å². The van der Waals surface area contributed by atoms with Crippen LogP contribution in [0.5, 0.6) is 17.2 Å². The Morgan fingerprint density at radius 2 is 1.67 bits per heavy atom. The van der Waals surface area contributed by atoms with Crippen molar-refractivity contribution < 1.29 is 23.8 Å². The highest BCUT2D eigenvalue weighted by molar-refractivity contribution is 7.17. The van der Waals surface area contributed by atoms with Gasteiger partial charge in [0.2, 0.25) is 5.75 Å². The number of hydrogen-bond acceptors (Lipinski definition) is 7. The van der Waals surface area contributed by atoms with E-state index in [0.29, 0.717) is 38.5 Å². The molecule has 0 unspecified atom stereocenters. The lowest BCUT2D eigenvalue weighted by Crippen LogP contribution is -2.12. The van der Waals surface area contributed by atoms with E-state index in [-0.39, 0.29) is 5.78 Å². The Hall–Kier alpha value is -2.61. The maximum atomic E-state index is 12.5. The minimum atomic E-state index is -0.391. The van der Waals surface area contributed by atoms with Gasteiger partial charge in [-0.2, -0.15) is 0 Å². The molecule has 2 rings (SSSR count). The molecule has 8 heteroatoms. The van der Waals surface area contributed by atoms with Crippen molar-refractivity contribution in [1.82, 2.24) is 4.98 Å². The van der Waals surface area contributed by atoms with Crippen LogP contribution >= 0.6 is 11.3 Å². The summed E-state index contributed by atoms with van der Waals surface area (Å²) < 4.78 is 15.7. The minimum absolute atomic E-state index is 0.0849. The van der Waals surface area contributed by atoms with Crippen LogP contribution in [0.25, 0.3) is 0 Å². The summed E-state index contributed by atoms with van der Waals surface area (Å²) in [7, 11) is 4.44. The van der Waals surface area contributed by atoms with Crippen molar-refractivity contribution in [3.8, 4) is 17.2 Å². The molecule has 0 saturated heterocycles. The van der Waals surface area contributed by atoms with Crippen molar-refractivity contribution in [3.05, 3.63) is 28.3 Å². The number of carbonyl (C=O) groups excluding carboxylic acids is 2. The van der Waals surface area contributed by atoms with Gasteiger partial charge in [0.15, 0.2) is 22.4 Å². The quantitative estimate of drug-likeness (QED) is 0.806. The molecule has 0 aliphatic rings. The monoisotopic (exact) mass is 350 g/mol. The third-order valence-corrected chi connectivity index (χ3v) is 4.44. The number of aromatic nitrogens is 1. The summed E-state index contributed by atoms with van der Waals surface area (Å²) in [5.41, 5.74) is 0.912. The average Bonchev–Trinajstić information content (AvgIpc) is 2.93. The molecule has 0 aliphatic carbocycles. The van der Waals surface area contributed by atoms with Crippen molar-refractivity contribution in [3.63, 3.8) is 0 Å². The number of aryl methyl sites for hydroxylation is 1. The van der Waals surface area contributed by atoms with Crippen molar-refractivity contribution >= 4 is 28.2 Å². The molecule has 1 aromatic carbocycles. The van der Waals surface area contributed by atoms with Gasteiger partial charge in [-0.15, -0.1) is 0 Å². The molecule has 0 aliphatic heterocycles. The number of hydrogen-bond donors (Lipinski definition) is 1. The van der Waals surface area contributed by atoms with E-state index >= 15 is 0 Å². The number of rotatable bonds is 6. The lowest BCUT2D eigenvalue weighted by molar-refractivity contribution is 0.101. The number of anilines is 1. The Morgan fingerprint density at radius 3 is 2.08 bits per heavy atom. The fourth-order valence-corrected chi connectivity index (χ4v) is 3.01. The number of carbonyl (C=O) groups is 2. The molecule has 0 saturated carbocycles. The second kappa shape index (κ2) is 7.31. The van der Waals surface area contributed by atoms with Gasteiger partial charge < -0.3 is 14.2 Å². The summed E-state index contributed by atoms with van der Waals surface area (Å²) in [6, 6.07) is 3.09. The summed E-state index contributed by atoms with van der Waals surface area (Å²) in [6.45, 7) is 3.19. The van der Waals surface area contributed by atoms with Gasteiger partial charge in [0.05, 0.1) is 31.9 Å². The van der Waals surface area contributed by atoms with Gasteiger partial charge in [-0.1, -0.05) is 11.3 Å². The second-order valence-corrected chi connectivity index (χ2v) is 5.86. The van der Waals surface area contributed by atoms with E-state index in [1.807, 2.05) is 0 Å². The smallest absolute Gasteiger partial charge is 0.257 e. The molecule has 128 valence electrons. The van der Waals surface area contributed by atoms with E-state index < -0.39 is 5.91 Å². The Kier molecular flexibility index (Phi) is 5.40. The normalized spacial score (nSPS) is 10.2. The van der Waals surface area contributed by atoms with Crippen LogP contribution in [0.4, 0.5) is 5.13 Å². The Labute approximate surface area is 143 Å². The lowest BCUT2D eigenvalue weighted by Gasteiger charge is -2.13. The van der Waals surface area contributed by atoms with Crippen LogP contribution in [0.3, 0.4) is 0 Å². The molecule has 24 heavy (non-hydrogen) atoms.